The van der Waals surface area contributed by atoms with Crippen molar-refractivity contribution >= 4 is 11.4 Å². The summed E-state index contributed by atoms with van der Waals surface area (Å²) in [6.07, 6.45) is 0. The van der Waals surface area contributed by atoms with Crippen LogP contribution in [0, 0.1) is 20.2 Å². The van der Waals surface area contributed by atoms with Crippen LogP contribution >= 0.6 is 0 Å². The molecule has 0 aliphatic heterocycles. The first-order valence-electron chi connectivity index (χ1n) is 3.73. The van der Waals surface area contributed by atoms with E-state index < -0.39 is 33.6 Å². The van der Waals surface area contributed by atoms with Gasteiger partial charge in [-0.2, -0.15) is 0 Å². The van der Waals surface area contributed by atoms with Crippen LogP contribution in [-0.4, -0.2) is 20.1 Å². The third-order valence-corrected chi connectivity index (χ3v) is 1.75. The monoisotopic (exact) mass is 214 g/mol. The molecule has 0 spiro atoms. The van der Waals surface area contributed by atoms with Crippen molar-refractivity contribution in [2.24, 2.45) is 0 Å². The third kappa shape index (κ3) is 1.99. The molecule has 0 saturated heterocycles. The Hall–Kier alpha value is -2.22. The second-order valence-electron chi connectivity index (χ2n) is 2.63. The Morgan fingerprint density at radius 2 is 1.80 bits per heavy atom. The maximum absolute atomic E-state index is 10.5. The van der Waals surface area contributed by atoms with E-state index in [1.165, 1.54) is 0 Å². The summed E-state index contributed by atoms with van der Waals surface area (Å²) < 4.78 is 0. The Bertz CT molecular complexity index is 430. The Morgan fingerprint density at radius 3 is 2.20 bits per heavy atom. The van der Waals surface area contributed by atoms with Gasteiger partial charge < -0.3 is 10.2 Å². The summed E-state index contributed by atoms with van der Waals surface area (Å²) >= 11 is 0. The van der Waals surface area contributed by atoms with Crippen molar-refractivity contribution in [1.29, 1.82) is 0 Å². The van der Waals surface area contributed by atoms with E-state index in [2.05, 4.69) is 0 Å². The van der Waals surface area contributed by atoms with Gasteiger partial charge in [-0.05, 0) is 0 Å². The molecule has 0 aliphatic carbocycles. The lowest BCUT2D eigenvalue weighted by Crippen LogP contribution is -1.98. The average Bonchev–Trinajstić information content (AvgIpc) is 2.16. The number of rotatable bonds is 3. The Labute approximate surface area is 82.7 Å². The number of phenols is 1. The van der Waals surface area contributed by atoms with Crippen LogP contribution in [-0.2, 0) is 6.61 Å². The van der Waals surface area contributed by atoms with Gasteiger partial charge in [0, 0.05) is 0 Å². The van der Waals surface area contributed by atoms with Gasteiger partial charge in [-0.15, -0.1) is 0 Å². The van der Waals surface area contributed by atoms with Gasteiger partial charge in [-0.25, -0.2) is 0 Å². The van der Waals surface area contributed by atoms with Crippen molar-refractivity contribution in [3.05, 3.63) is 37.9 Å². The van der Waals surface area contributed by atoms with Gasteiger partial charge in [0.1, 0.15) is 5.75 Å². The molecule has 0 atom stereocenters. The third-order valence-electron chi connectivity index (χ3n) is 1.75. The van der Waals surface area contributed by atoms with Crippen LogP contribution in [0.2, 0.25) is 0 Å². The van der Waals surface area contributed by atoms with E-state index in [-0.39, 0.29) is 5.56 Å². The molecular formula is C7H6N2O6. The molecule has 0 saturated carbocycles. The number of aromatic hydroxyl groups is 1. The average molecular weight is 214 g/mol. The summed E-state index contributed by atoms with van der Waals surface area (Å²) in [5, 5.41) is 38.7. The summed E-state index contributed by atoms with van der Waals surface area (Å²) in [5.74, 6) is -0.668. The van der Waals surface area contributed by atoms with Gasteiger partial charge in [0.15, 0.2) is 0 Å². The molecule has 8 nitrogen and oxygen atoms in total. The highest BCUT2D eigenvalue weighted by Gasteiger charge is 2.23. The highest BCUT2D eigenvalue weighted by molar-refractivity contribution is 5.56. The largest absolute Gasteiger partial charge is 0.507 e. The highest BCUT2D eigenvalue weighted by Crippen LogP contribution is 2.32. The van der Waals surface area contributed by atoms with E-state index in [1.807, 2.05) is 0 Å². The maximum atomic E-state index is 10.5. The molecule has 0 fully saturated rings. The Kier molecular flexibility index (Phi) is 2.81. The van der Waals surface area contributed by atoms with E-state index in [9.17, 15) is 25.3 Å². The Balaban J connectivity index is 3.45. The summed E-state index contributed by atoms with van der Waals surface area (Å²) in [7, 11) is 0. The standard InChI is InChI=1S/C7H6N2O6/c10-3-5-6(9(14)15)1-4(8(12)13)2-7(5)11/h1-2,10-11H,3H2. The lowest BCUT2D eigenvalue weighted by atomic mass is 10.1. The number of aliphatic hydroxyl groups excluding tert-OH is 1. The van der Waals surface area contributed by atoms with Crippen LogP contribution < -0.4 is 0 Å². The summed E-state index contributed by atoms with van der Waals surface area (Å²) in [6, 6.07) is 1.43. The van der Waals surface area contributed by atoms with Crippen molar-refractivity contribution in [3.63, 3.8) is 0 Å². The highest BCUT2D eigenvalue weighted by atomic mass is 16.6. The SMILES string of the molecule is O=[N+]([O-])c1cc(O)c(CO)c([N+](=O)[O-])c1. The van der Waals surface area contributed by atoms with Crippen LogP contribution in [0.3, 0.4) is 0 Å². The first-order valence-corrected chi connectivity index (χ1v) is 3.73. The van der Waals surface area contributed by atoms with E-state index in [1.54, 1.807) is 0 Å². The van der Waals surface area contributed by atoms with Crippen LogP contribution in [0.25, 0.3) is 0 Å². The molecule has 0 radical (unpaired) electrons. The van der Waals surface area contributed by atoms with Crippen molar-refractivity contribution in [2.75, 3.05) is 0 Å². The van der Waals surface area contributed by atoms with E-state index in [0.29, 0.717) is 6.07 Å². The van der Waals surface area contributed by atoms with E-state index in [4.69, 9.17) is 5.11 Å². The van der Waals surface area contributed by atoms with Crippen molar-refractivity contribution in [3.8, 4) is 5.75 Å². The van der Waals surface area contributed by atoms with Crippen molar-refractivity contribution < 1.29 is 20.1 Å². The zero-order chi connectivity index (χ0) is 11.6. The lowest BCUT2D eigenvalue weighted by molar-refractivity contribution is -0.394. The van der Waals surface area contributed by atoms with Gasteiger partial charge in [-0.3, -0.25) is 20.2 Å². The molecule has 0 heterocycles. The molecule has 15 heavy (non-hydrogen) atoms. The fraction of sp³-hybridized carbons (Fsp3) is 0.143. The molecule has 0 amide bonds. The molecule has 1 aromatic carbocycles. The predicted octanol–water partition coefficient (Wildman–Crippen LogP) is 0.701. The van der Waals surface area contributed by atoms with E-state index >= 15 is 0 Å². The zero-order valence-electron chi connectivity index (χ0n) is 7.28. The van der Waals surface area contributed by atoms with Gasteiger partial charge in [0.2, 0.25) is 0 Å². The fourth-order valence-electron chi connectivity index (χ4n) is 1.06. The smallest absolute Gasteiger partial charge is 0.285 e. The normalized spacial score (nSPS) is 9.93. The number of hydrogen-bond acceptors (Lipinski definition) is 6. The predicted molar refractivity (Wildman–Crippen MR) is 47.3 cm³/mol. The molecule has 0 aromatic heterocycles. The second kappa shape index (κ2) is 3.88. The maximum Gasteiger partial charge on any atom is 0.285 e. The number of aliphatic hydroxyl groups is 1. The zero-order valence-corrected chi connectivity index (χ0v) is 7.28. The molecule has 8 heteroatoms. The first kappa shape index (κ1) is 10.9. The summed E-state index contributed by atoms with van der Waals surface area (Å²) in [4.78, 5) is 19.0. The number of hydrogen-bond donors (Lipinski definition) is 2. The van der Waals surface area contributed by atoms with Gasteiger partial charge in [0.25, 0.3) is 11.4 Å². The number of benzene rings is 1. The molecule has 2 N–H and O–H groups in total. The minimum atomic E-state index is -0.904. The molecule has 0 unspecified atom stereocenters. The van der Waals surface area contributed by atoms with Crippen molar-refractivity contribution in [2.45, 2.75) is 6.61 Å². The molecule has 0 bridgehead atoms. The molecule has 80 valence electrons. The fourth-order valence-corrected chi connectivity index (χ4v) is 1.06. The minimum Gasteiger partial charge on any atom is -0.507 e. The quantitative estimate of drug-likeness (QED) is 0.563. The lowest BCUT2D eigenvalue weighted by Gasteiger charge is -2.01. The molecule has 0 aliphatic rings. The Morgan fingerprint density at radius 1 is 1.20 bits per heavy atom. The van der Waals surface area contributed by atoms with Crippen molar-refractivity contribution in [1.82, 2.24) is 0 Å². The van der Waals surface area contributed by atoms with Crippen LogP contribution in [0.4, 0.5) is 11.4 Å². The molecule has 1 aromatic rings. The van der Waals surface area contributed by atoms with Crippen LogP contribution in [0.1, 0.15) is 5.56 Å². The number of nitrogens with zero attached hydrogens (tertiary/aromatic N) is 2. The first-order chi connectivity index (χ1) is 6.97. The van der Waals surface area contributed by atoms with Gasteiger partial charge in [0.05, 0.1) is 34.1 Å². The topological polar surface area (TPSA) is 127 Å². The van der Waals surface area contributed by atoms with Gasteiger partial charge in [-0.1, -0.05) is 0 Å². The number of nitro benzene ring substituents is 2. The summed E-state index contributed by atoms with van der Waals surface area (Å²) in [6.45, 7) is -0.764. The minimum absolute atomic E-state index is 0.342. The second-order valence-corrected chi connectivity index (χ2v) is 2.63. The summed E-state index contributed by atoms with van der Waals surface area (Å²) in [5.41, 5.74) is -1.62. The van der Waals surface area contributed by atoms with Gasteiger partial charge >= 0.3 is 0 Å². The molecular weight excluding hydrogens is 208 g/mol. The number of nitro groups is 2. The van der Waals surface area contributed by atoms with Crippen LogP contribution in [0.5, 0.6) is 5.75 Å². The molecule has 1 rings (SSSR count). The van der Waals surface area contributed by atoms with E-state index in [0.717, 1.165) is 6.07 Å². The van der Waals surface area contributed by atoms with Crippen LogP contribution in [0.15, 0.2) is 12.1 Å². The number of non-ortho nitro benzene ring substituents is 1.